The van der Waals surface area contributed by atoms with Crippen molar-refractivity contribution < 1.29 is 4.74 Å². The van der Waals surface area contributed by atoms with E-state index >= 15 is 0 Å². The number of guanidine groups is 1. The van der Waals surface area contributed by atoms with Crippen LogP contribution >= 0.6 is 0 Å². The molecule has 0 aromatic heterocycles. The van der Waals surface area contributed by atoms with Gasteiger partial charge in [0.2, 0.25) is 0 Å². The Hall–Kier alpha value is -0.770. The SMILES string of the molecule is CC(C)NC(N)=NCC1CC(C)OC1C. The first-order chi connectivity index (χ1) is 6.99. The van der Waals surface area contributed by atoms with Crippen LogP contribution in [0.25, 0.3) is 0 Å². The van der Waals surface area contributed by atoms with Crippen LogP contribution in [0.15, 0.2) is 4.99 Å². The molecule has 1 aliphatic heterocycles. The smallest absolute Gasteiger partial charge is 0.188 e. The zero-order chi connectivity index (χ0) is 11.4. The van der Waals surface area contributed by atoms with E-state index in [0.29, 0.717) is 30.1 Å². The van der Waals surface area contributed by atoms with Gasteiger partial charge in [-0.15, -0.1) is 0 Å². The van der Waals surface area contributed by atoms with Gasteiger partial charge in [-0.25, -0.2) is 0 Å². The van der Waals surface area contributed by atoms with Crippen LogP contribution in [0.5, 0.6) is 0 Å². The Labute approximate surface area is 92.3 Å². The van der Waals surface area contributed by atoms with E-state index in [1.807, 2.05) is 13.8 Å². The predicted octanol–water partition coefficient (Wildman–Crippen LogP) is 1.11. The predicted molar refractivity (Wildman–Crippen MR) is 62.9 cm³/mol. The Balaban J connectivity index is 2.35. The van der Waals surface area contributed by atoms with E-state index in [1.165, 1.54) is 0 Å². The van der Waals surface area contributed by atoms with Gasteiger partial charge in [0.25, 0.3) is 0 Å². The molecule has 88 valence electrons. The monoisotopic (exact) mass is 213 g/mol. The van der Waals surface area contributed by atoms with Crippen molar-refractivity contribution in [3.8, 4) is 0 Å². The van der Waals surface area contributed by atoms with Crippen LogP contribution in [-0.4, -0.2) is 30.8 Å². The second kappa shape index (κ2) is 5.35. The molecule has 0 aromatic carbocycles. The molecule has 3 unspecified atom stereocenters. The summed E-state index contributed by atoms with van der Waals surface area (Å²) in [6.07, 6.45) is 1.75. The minimum absolute atomic E-state index is 0.301. The van der Waals surface area contributed by atoms with Crippen molar-refractivity contribution in [1.29, 1.82) is 0 Å². The van der Waals surface area contributed by atoms with Crippen molar-refractivity contribution >= 4 is 5.96 Å². The zero-order valence-corrected chi connectivity index (χ0v) is 10.2. The Morgan fingerprint density at radius 2 is 2.20 bits per heavy atom. The summed E-state index contributed by atoms with van der Waals surface area (Å²) in [5.41, 5.74) is 5.73. The third-order valence-electron chi connectivity index (χ3n) is 2.68. The average molecular weight is 213 g/mol. The second-order valence-electron chi connectivity index (χ2n) is 4.67. The minimum atomic E-state index is 0.301. The lowest BCUT2D eigenvalue weighted by Crippen LogP contribution is -2.37. The molecule has 0 aliphatic carbocycles. The van der Waals surface area contributed by atoms with Gasteiger partial charge in [-0.3, -0.25) is 4.99 Å². The first kappa shape index (κ1) is 12.3. The summed E-state index contributed by atoms with van der Waals surface area (Å²) >= 11 is 0. The third-order valence-corrected chi connectivity index (χ3v) is 2.68. The lowest BCUT2D eigenvalue weighted by atomic mass is 10.0. The molecule has 4 nitrogen and oxygen atoms in total. The molecule has 0 saturated carbocycles. The summed E-state index contributed by atoms with van der Waals surface area (Å²) in [6.45, 7) is 9.07. The summed E-state index contributed by atoms with van der Waals surface area (Å²) in [7, 11) is 0. The van der Waals surface area contributed by atoms with Crippen molar-refractivity contribution in [1.82, 2.24) is 5.32 Å². The van der Waals surface area contributed by atoms with Gasteiger partial charge in [0.1, 0.15) is 0 Å². The van der Waals surface area contributed by atoms with Crippen LogP contribution in [0.4, 0.5) is 0 Å². The number of nitrogens with two attached hydrogens (primary N) is 1. The Morgan fingerprint density at radius 1 is 1.53 bits per heavy atom. The van der Waals surface area contributed by atoms with E-state index in [4.69, 9.17) is 10.5 Å². The number of ether oxygens (including phenoxy) is 1. The third kappa shape index (κ3) is 4.08. The lowest BCUT2D eigenvalue weighted by molar-refractivity contribution is 0.0570. The fourth-order valence-corrected chi connectivity index (χ4v) is 1.93. The maximum absolute atomic E-state index is 5.73. The summed E-state index contributed by atoms with van der Waals surface area (Å²) in [5, 5.41) is 3.08. The number of aliphatic imine (C=N–C) groups is 1. The van der Waals surface area contributed by atoms with E-state index in [9.17, 15) is 0 Å². The number of nitrogens with zero attached hydrogens (tertiary/aromatic N) is 1. The van der Waals surface area contributed by atoms with Gasteiger partial charge < -0.3 is 15.8 Å². The number of hydrogen-bond donors (Lipinski definition) is 2. The lowest BCUT2D eigenvalue weighted by Gasteiger charge is -2.13. The first-order valence-corrected chi connectivity index (χ1v) is 5.71. The summed E-state index contributed by atoms with van der Waals surface area (Å²) in [6, 6.07) is 0.338. The second-order valence-corrected chi connectivity index (χ2v) is 4.67. The highest BCUT2D eigenvalue weighted by atomic mass is 16.5. The van der Waals surface area contributed by atoms with Crippen LogP contribution < -0.4 is 11.1 Å². The van der Waals surface area contributed by atoms with Gasteiger partial charge in [-0.1, -0.05) is 0 Å². The van der Waals surface area contributed by atoms with Crippen molar-refractivity contribution in [3.05, 3.63) is 0 Å². The maximum atomic E-state index is 5.73. The van der Waals surface area contributed by atoms with Gasteiger partial charge in [0.15, 0.2) is 5.96 Å². The molecule has 0 bridgehead atoms. The van der Waals surface area contributed by atoms with E-state index < -0.39 is 0 Å². The molecular weight excluding hydrogens is 190 g/mol. The molecular formula is C11H23N3O. The molecule has 1 rings (SSSR count). The normalized spacial score (nSPS) is 32.3. The minimum Gasteiger partial charge on any atom is -0.375 e. The van der Waals surface area contributed by atoms with E-state index in [2.05, 4.69) is 24.2 Å². The Bertz CT molecular complexity index is 228. The fourth-order valence-electron chi connectivity index (χ4n) is 1.93. The summed E-state index contributed by atoms with van der Waals surface area (Å²) in [5.74, 6) is 1.05. The van der Waals surface area contributed by atoms with Crippen LogP contribution in [0.1, 0.15) is 34.1 Å². The summed E-state index contributed by atoms with van der Waals surface area (Å²) < 4.78 is 5.66. The highest BCUT2D eigenvalue weighted by Crippen LogP contribution is 2.25. The van der Waals surface area contributed by atoms with Gasteiger partial charge in [-0.05, 0) is 34.1 Å². The van der Waals surface area contributed by atoms with E-state index in [-0.39, 0.29) is 0 Å². The molecule has 3 N–H and O–H groups in total. The van der Waals surface area contributed by atoms with Crippen LogP contribution in [-0.2, 0) is 4.74 Å². The topological polar surface area (TPSA) is 59.6 Å². The van der Waals surface area contributed by atoms with Crippen molar-refractivity contribution in [2.75, 3.05) is 6.54 Å². The highest BCUT2D eigenvalue weighted by molar-refractivity contribution is 5.78. The molecule has 3 atom stereocenters. The van der Waals surface area contributed by atoms with Crippen molar-refractivity contribution in [3.63, 3.8) is 0 Å². The molecule has 15 heavy (non-hydrogen) atoms. The first-order valence-electron chi connectivity index (χ1n) is 5.71. The molecule has 0 aromatic rings. The molecule has 4 heteroatoms. The molecule has 1 saturated heterocycles. The Morgan fingerprint density at radius 3 is 2.67 bits per heavy atom. The number of hydrogen-bond acceptors (Lipinski definition) is 2. The van der Waals surface area contributed by atoms with Crippen molar-refractivity contribution in [2.45, 2.75) is 52.4 Å². The highest BCUT2D eigenvalue weighted by Gasteiger charge is 2.28. The van der Waals surface area contributed by atoms with Crippen molar-refractivity contribution in [2.24, 2.45) is 16.6 Å². The van der Waals surface area contributed by atoms with Crippen LogP contribution in [0.2, 0.25) is 0 Å². The molecule has 0 amide bonds. The zero-order valence-electron chi connectivity index (χ0n) is 10.2. The van der Waals surface area contributed by atoms with Gasteiger partial charge in [0, 0.05) is 18.5 Å². The quantitative estimate of drug-likeness (QED) is 0.545. The van der Waals surface area contributed by atoms with Crippen LogP contribution in [0.3, 0.4) is 0 Å². The van der Waals surface area contributed by atoms with Crippen LogP contribution in [0, 0.1) is 5.92 Å². The standard InChI is InChI=1S/C11H23N3O/c1-7(2)14-11(12)13-6-10-5-8(3)15-9(10)4/h7-10H,5-6H2,1-4H3,(H3,12,13,14). The van der Waals surface area contributed by atoms with Gasteiger partial charge >= 0.3 is 0 Å². The average Bonchev–Trinajstić information content (AvgIpc) is 2.40. The molecule has 0 spiro atoms. The van der Waals surface area contributed by atoms with Gasteiger partial charge in [-0.2, -0.15) is 0 Å². The summed E-state index contributed by atoms with van der Waals surface area (Å²) in [4.78, 5) is 4.33. The van der Waals surface area contributed by atoms with E-state index in [0.717, 1.165) is 13.0 Å². The maximum Gasteiger partial charge on any atom is 0.188 e. The van der Waals surface area contributed by atoms with E-state index in [1.54, 1.807) is 0 Å². The molecule has 1 fully saturated rings. The molecule has 1 heterocycles. The molecule has 0 radical (unpaired) electrons. The largest absolute Gasteiger partial charge is 0.375 e. The number of nitrogens with one attached hydrogen (secondary N) is 1. The number of rotatable bonds is 3. The Kier molecular flexibility index (Phi) is 4.39. The molecule has 1 aliphatic rings. The fraction of sp³-hybridized carbons (Fsp3) is 0.909. The van der Waals surface area contributed by atoms with Gasteiger partial charge in [0.05, 0.1) is 12.2 Å².